The molecule has 0 aliphatic heterocycles. The third kappa shape index (κ3) is 2.55. The molecule has 0 bridgehead atoms. The number of aryl methyl sites for hydroxylation is 1. The molecule has 0 aromatic carbocycles. The number of imidazole rings is 1. The van der Waals surface area contributed by atoms with Crippen LogP contribution in [0.25, 0.3) is 55.3 Å². The van der Waals surface area contributed by atoms with E-state index in [9.17, 15) is 0 Å². The standard InChI is InChI=1S/C20H14N8S/c1-28-10-11(8-23-28)14-7-13-15(9-22-14)26-27-18(13)20-24-17-12(16-3-2-6-29-16)4-5-21-19(17)25-20/h2-10H,1H3,(H,26,27)(H,21,24,25). The van der Waals surface area contributed by atoms with Crippen LogP contribution in [0.15, 0.2) is 54.4 Å². The predicted octanol–water partition coefficient (Wildman–Crippen LogP) is 4.03. The zero-order valence-electron chi connectivity index (χ0n) is 15.3. The Hall–Kier alpha value is -3.85. The Bertz CT molecular complexity index is 1470. The van der Waals surface area contributed by atoms with Crippen LogP contribution in [0.3, 0.4) is 0 Å². The highest BCUT2D eigenvalue weighted by Gasteiger charge is 2.17. The molecule has 9 heteroatoms. The van der Waals surface area contributed by atoms with E-state index in [0.717, 1.165) is 38.9 Å². The first-order chi connectivity index (χ1) is 14.3. The number of nitrogens with one attached hydrogen (secondary N) is 2. The lowest BCUT2D eigenvalue weighted by Crippen LogP contribution is -1.85. The number of hydrogen-bond acceptors (Lipinski definition) is 6. The van der Waals surface area contributed by atoms with E-state index in [4.69, 9.17) is 4.98 Å². The van der Waals surface area contributed by atoms with E-state index in [1.165, 1.54) is 4.88 Å². The van der Waals surface area contributed by atoms with Gasteiger partial charge in [0, 0.05) is 40.8 Å². The number of aromatic amines is 2. The average molecular weight is 398 g/mol. The van der Waals surface area contributed by atoms with E-state index >= 15 is 0 Å². The Morgan fingerprint density at radius 1 is 1.14 bits per heavy atom. The van der Waals surface area contributed by atoms with Crippen LogP contribution in [0.4, 0.5) is 0 Å². The summed E-state index contributed by atoms with van der Waals surface area (Å²) < 4.78 is 1.76. The summed E-state index contributed by atoms with van der Waals surface area (Å²) in [5.74, 6) is 0.672. The van der Waals surface area contributed by atoms with Crippen LogP contribution in [-0.4, -0.2) is 39.9 Å². The van der Waals surface area contributed by atoms with Crippen molar-refractivity contribution in [2.24, 2.45) is 7.05 Å². The van der Waals surface area contributed by atoms with Crippen LogP contribution in [0.5, 0.6) is 0 Å². The highest BCUT2D eigenvalue weighted by atomic mass is 32.1. The molecule has 6 aromatic heterocycles. The molecule has 6 aromatic rings. The van der Waals surface area contributed by atoms with Gasteiger partial charge in [-0.05, 0) is 23.6 Å². The van der Waals surface area contributed by atoms with E-state index < -0.39 is 0 Å². The summed E-state index contributed by atoms with van der Waals surface area (Å²) in [6, 6.07) is 8.14. The first-order valence-electron chi connectivity index (χ1n) is 8.98. The van der Waals surface area contributed by atoms with Gasteiger partial charge in [0.1, 0.15) is 5.69 Å². The van der Waals surface area contributed by atoms with Gasteiger partial charge >= 0.3 is 0 Å². The minimum absolute atomic E-state index is 0.670. The van der Waals surface area contributed by atoms with Gasteiger partial charge in [-0.25, -0.2) is 9.97 Å². The molecular formula is C20H14N8S. The van der Waals surface area contributed by atoms with Crippen LogP contribution >= 0.6 is 11.3 Å². The van der Waals surface area contributed by atoms with Crippen molar-refractivity contribution in [2.75, 3.05) is 0 Å². The van der Waals surface area contributed by atoms with Crippen LogP contribution in [0.1, 0.15) is 0 Å². The molecule has 0 unspecified atom stereocenters. The van der Waals surface area contributed by atoms with Crippen molar-refractivity contribution in [3.8, 4) is 33.2 Å². The van der Waals surface area contributed by atoms with Crippen molar-refractivity contribution in [3.05, 3.63) is 54.4 Å². The van der Waals surface area contributed by atoms with Gasteiger partial charge < -0.3 is 4.98 Å². The number of rotatable bonds is 3. The number of nitrogens with zero attached hydrogens (tertiary/aromatic N) is 6. The second-order valence-corrected chi connectivity index (χ2v) is 7.66. The molecule has 0 atom stereocenters. The van der Waals surface area contributed by atoms with Crippen LogP contribution in [0.2, 0.25) is 0 Å². The van der Waals surface area contributed by atoms with E-state index in [1.54, 1.807) is 34.6 Å². The Morgan fingerprint density at radius 3 is 2.93 bits per heavy atom. The second kappa shape index (κ2) is 6.08. The highest BCUT2D eigenvalue weighted by molar-refractivity contribution is 7.13. The molecule has 0 fully saturated rings. The number of H-pyrrole nitrogens is 2. The van der Waals surface area contributed by atoms with Crippen molar-refractivity contribution in [1.82, 2.24) is 39.9 Å². The second-order valence-electron chi connectivity index (χ2n) is 6.71. The molecule has 2 N–H and O–H groups in total. The van der Waals surface area contributed by atoms with Gasteiger partial charge in [-0.1, -0.05) is 6.07 Å². The molecule has 6 rings (SSSR count). The fourth-order valence-electron chi connectivity index (χ4n) is 3.47. The fraction of sp³-hybridized carbons (Fsp3) is 0.0500. The monoisotopic (exact) mass is 398 g/mol. The molecule has 8 nitrogen and oxygen atoms in total. The van der Waals surface area contributed by atoms with Gasteiger partial charge in [0.05, 0.1) is 29.1 Å². The van der Waals surface area contributed by atoms with Crippen LogP contribution in [-0.2, 0) is 7.05 Å². The Morgan fingerprint density at radius 2 is 2.10 bits per heavy atom. The van der Waals surface area contributed by atoms with Crippen molar-refractivity contribution >= 4 is 33.4 Å². The molecule has 0 radical (unpaired) electrons. The highest BCUT2D eigenvalue weighted by Crippen LogP contribution is 2.33. The lowest BCUT2D eigenvalue weighted by Gasteiger charge is -1.98. The summed E-state index contributed by atoms with van der Waals surface area (Å²) in [5.41, 5.74) is 6.03. The lowest BCUT2D eigenvalue weighted by atomic mass is 10.1. The van der Waals surface area contributed by atoms with Gasteiger partial charge in [0.2, 0.25) is 0 Å². The molecule has 0 aliphatic rings. The van der Waals surface area contributed by atoms with E-state index in [-0.39, 0.29) is 0 Å². The lowest BCUT2D eigenvalue weighted by molar-refractivity contribution is 0.768. The van der Waals surface area contributed by atoms with Crippen molar-refractivity contribution in [2.45, 2.75) is 0 Å². The number of pyridine rings is 2. The Balaban J connectivity index is 1.53. The maximum Gasteiger partial charge on any atom is 0.178 e. The molecule has 29 heavy (non-hydrogen) atoms. The van der Waals surface area contributed by atoms with E-state index in [2.05, 4.69) is 41.7 Å². The normalized spacial score (nSPS) is 11.6. The number of hydrogen-bond donors (Lipinski definition) is 2. The molecule has 0 saturated heterocycles. The van der Waals surface area contributed by atoms with Crippen LogP contribution < -0.4 is 0 Å². The van der Waals surface area contributed by atoms with Crippen molar-refractivity contribution in [3.63, 3.8) is 0 Å². The quantitative estimate of drug-likeness (QED) is 0.469. The zero-order chi connectivity index (χ0) is 19.4. The molecule has 140 valence electrons. The maximum atomic E-state index is 4.70. The number of aromatic nitrogens is 8. The maximum absolute atomic E-state index is 4.70. The van der Waals surface area contributed by atoms with Crippen molar-refractivity contribution in [1.29, 1.82) is 0 Å². The summed E-state index contributed by atoms with van der Waals surface area (Å²) in [7, 11) is 1.89. The summed E-state index contributed by atoms with van der Waals surface area (Å²) in [5, 5.41) is 14.8. The van der Waals surface area contributed by atoms with E-state index in [0.29, 0.717) is 11.5 Å². The van der Waals surface area contributed by atoms with Gasteiger partial charge in [-0.15, -0.1) is 11.3 Å². The summed E-state index contributed by atoms with van der Waals surface area (Å²) in [6.07, 6.45) is 7.31. The molecule has 0 amide bonds. The van der Waals surface area contributed by atoms with Crippen LogP contribution in [0, 0.1) is 0 Å². The first-order valence-corrected chi connectivity index (χ1v) is 9.86. The minimum Gasteiger partial charge on any atom is -0.335 e. The zero-order valence-corrected chi connectivity index (χ0v) is 16.1. The largest absolute Gasteiger partial charge is 0.335 e. The average Bonchev–Trinajstić information content (AvgIpc) is 3.51. The van der Waals surface area contributed by atoms with E-state index in [1.807, 2.05) is 31.4 Å². The van der Waals surface area contributed by atoms with Crippen molar-refractivity contribution < 1.29 is 0 Å². The van der Waals surface area contributed by atoms with Gasteiger partial charge in [0.15, 0.2) is 11.5 Å². The predicted molar refractivity (Wildman–Crippen MR) is 112 cm³/mol. The third-order valence-corrected chi connectivity index (χ3v) is 5.75. The first kappa shape index (κ1) is 16.1. The van der Waals surface area contributed by atoms with Gasteiger partial charge in [-0.3, -0.25) is 14.8 Å². The summed E-state index contributed by atoms with van der Waals surface area (Å²) in [4.78, 5) is 18.2. The summed E-state index contributed by atoms with van der Waals surface area (Å²) in [6.45, 7) is 0. The molecule has 0 spiro atoms. The van der Waals surface area contributed by atoms with Gasteiger partial charge in [-0.2, -0.15) is 10.2 Å². The fourth-order valence-corrected chi connectivity index (χ4v) is 4.23. The third-order valence-electron chi connectivity index (χ3n) is 4.85. The number of fused-ring (bicyclic) bond motifs is 2. The topological polar surface area (TPSA) is 101 Å². The minimum atomic E-state index is 0.670. The Kier molecular flexibility index (Phi) is 3.38. The molecular weight excluding hydrogens is 384 g/mol. The Labute approximate surface area is 168 Å². The molecule has 6 heterocycles. The smallest absolute Gasteiger partial charge is 0.178 e. The van der Waals surface area contributed by atoms with Gasteiger partial charge in [0.25, 0.3) is 0 Å². The number of thiophene rings is 1. The SMILES string of the molecule is Cn1cc(-c2cc3c(-c4nc5nccc(-c6cccs6)c5[nH]4)n[nH]c3cn2)cn1. The molecule has 0 aliphatic carbocycles. The summed E-state index contributed by atoms with van der Waals surface area (Å²) >= 11 is 1.69. The molecule has 0 saturated carbocycles.